The predicted octanol–water partition coefficient (Wildman–Crippen LogP) is 2.82. The number of nitrogens with zero attached hydrogens (tertiary/aromatic N) is 1. The fourth-order valence-electron chi connectivity index (χ4n) is 1.00. The van der Waals surface area contributed by atoms with Gasteiger partial charge < -0.3 is 0 Å². The Balaban J connectivity index is 2.65. The zero-order valence-electron chi connectivity index (χ0n) is 7.23. The molecule has 1 rings (SSSR count). The molecule has 1 heterocycles. The van der Waals surface area contributed by atoms with Gasteiger partial charge in [0.25, 0.3) is 0 Å². The molecule has 0 spiro atoms. The van der Waals surface area contributed by atoms with Gasteiger partial charge in [0.1, 0.15) is 0 Å². The number of thioether (sulfide) groups is 1. The smallest absolute Gasteiger partial charge is 0.0841 e. The highest BCUT2D eigenvalue weighted by molar-refractivity contribution is 8.13. The van der Waals surface area contributed by atoms with Crippen LogP contribution in [0.4, 0.5) is 0 Å². The third kappa shape index (κ3) is 2.11. The normalized spacial score (nSPS) is 28.9. The number of aliphatic imine (C=N–C) groups is 1. The van der Waals surface area contributed by atoms with Crippen molar-refractivity contribution in [1.29, 1.82) is 0 Å². The van der Waals surface area contributed by atoms with E-state index in [4.69, 9.17) is 0 Å². The van der Waals surface area contributed by atoms with Gasteiger partial charge in [0.15, 0.2) is 0 Å². The molecular weight excluding hydrogens is 166 g/mol. The van der Waals surface area contributed by atoms with Crippen LogP contribution in [0.1, 0.15) is 6.92 Å². The van der Waals surface area contributed by atoms with E-state index in [-0.39, 0.29) is 6.04 Å². The molecule has 0 N–H and O–H groups in total. The van der Waals surface area contributed by atoms with Crippen molar-refractivity contribution in [1.82, 2.24) is 0 Å². The van der Waals surface area contributed by atoms with Crippen molar-refractivity contribution in [2.24, 2.45) is 4.99 Å². The summed E-state index contributed by atoms with van der Waals surface area (Å²) in [5, 5.41) is 0.417. The molecule has 0 saturated heterocycles. The van der Waals surface area contributed by atoms with Crippen LogP contribution in [-0.2, 0) is 0 Å². The van der Waals surface area contributed by atoms with E-state index in [1.807, 2.05) is 24.6 Å². The lowest BCUT2D eigenvalue weighted by atomic mass is 10.1. The lowest BCUT2D eigenvalue weighted by Crippen LogP contribution is -2.11. The second-order valence-corrected chi connectivity index (χ2v) is 3.72. The van der Waals surface area contributed by atoms with Crippen molar-refractivity contribution in [2.45, 2.75) is 18.2 Å². The second kappa shape index (κ2) is 4.31. The van der Waals surface area contributed by atoms with E-state index < -0.39 is 0 Å². The third-order valence-corrected chi connectivity index (χ3v) is 2.75. The minimum atomic E-state index is 0.241. The lowest BCUT2D eigenvalue weighted by molar-refractivity contribution is 0.872. The maximum atomic E-state index is 4.26. The van der Waals surface area contributed by atoms with E-state index in [0.29, 0.717) is 5.25 Å². The summed E-state index contributed by atoms with van der Waals surface area (Å²) in [6, 6.07) is 0.241. The number of rotatable bonds is 3. The van der Waals surface area contributed by atoms with Crippen LogP contribution in [0.2, 0.25) is 0 Å². The van der Waals surface area contributed by atoms with Crippen LogP contribution in [0.25, 0.3) is 0 Å². The molecule has 1 aliphatic heterocycles. The van der Waals surface area contributed by atoms with Crippen LogP contribution in [-0.4, -0.2) is 16.8 Å². The summed E-state index contributed by atoms with van der Waals surface area (Å²) in [5.41, 5.74) is 3.09. The molecule has 2 unspecified atom stereocenters. The molecule has 1 nitrogen and oxygen atoms in total. The SMILES string of the molecule is C=C/C(C)=C\C1SC=NC1C=C. The molecule has 0 aromatic heterocycles. The minimum Gasteiger partial charge on any atom is -0.277 e. The van der Waals surface area contributed by atoms with Crippen molar-refractivity contribution in [3.8, 4) is 0 Å². The molecule has 12 heavy (non-hydrogen) atoms. The average Bonchev–Trinajstić information content (AvgIpc) is 2.51. The average molecular weight is 179 g/mol. The largest absolute Gasteiger partial charge is 0.277 e. The quantitative estimate of drug-likeness (QED) is 0.479. The third-order valence-electron chi connectivity index (χ3n) is 1.78. The highest BCUT2D eigenvalue weighted by Crippen LogP contribution is 2.24. The first-order chi connectivity index (χ1) is 5.77. The van der Waals surface area contributed by atoms with Crippen LogP contribution in [0, 0.1) is 0 Å². The van der Waals surface area contributed by atoms with Crippen molar-refractivity contribution in [3.63, 3.8) is 0 Å². The van der Waals surface area contributed by atoms with Gasteiger partial charge >= 0.3 is 0 Å². The molecule has 0 amide bonds. The molecule has 2 heteroatoms. The number of hydrogen-bond donors (Lipinski definition) is 0. The summed E-state index contributed by atoms with van der Waals surface area (Å²) in [7, 11) is 0. The van der Waals surface area contributed by atoms with Crippen molar-refractivity contribution >= 4 is 17.3 Å². The molecule has 2 atom stereocenters. The molecule has 0 aliphatic carbocycles. The fraction of sp³-hybridized carbons (Fsp3) is 0.300. The Kier molecular flexibility index (Phi) is 3.35. The van der Waals surface area contributed by atoms with Gasteiger partial charge in [-0.25, -0.2) is 0 Å². The summed E-state index contributed by atoms with van der Waals surface area (Å²) >= 11 is 1.73. The van der Waals surface area contributed by atoms with Crippen LogP contribution in [0.5, 0.6) is 0 Å². The van der Waals surface area contributed by atoms with E-state index in [1.54, 1.807) is 11.8 Å². The highest BCUT2D eigenvalue weighted by Gasteiger charge is 2.19. The van der Waals surface area contributed by atoms with E-state index in [9.17, 15) is 0 Å². The minimum absolute atomic E-state index is 0.241. The fourth-order valence-corrected chi connectivity index (χ4v) is 1.99. The van der Waals surface area contributed by atoms with E-state index in [1.165, 1.54) is 5.57 Å². The Morgan fingerprint density at radius 1 is 1.58 bits per heavy atom. The van der Waals surface area contributed by atoms with Gasteiger partial charge in [-0.15, -0.1) is 18.3 Å². The van der Waals surface area contributed by atoms with Crippen LogP contribution in [0.15, 0.2) is 42.0 Å². The monoisotopic (exact) mass is 179 g/mol. The van der Waals surface area contributed by atoms with Crippen LogP contribution < -0.4 is 0 Å². The maximum Gasteiger partial charge on any atom is 0.0841 e. The summed E-state index contributed by atoms with van der Waals surface area (Å²) in [6.45, 7) is 9.50. The number of allylic oxidation sites excluding steroid dienone is 2. The first-order valence-corrected chi connectivity index (χ1v) is 4.82. The van der Waals surface area contributed by atoms with Crippen LogP contribution in [0.3, 0.4) is 0 Å². The summed E-state index contributed by atoms with van der Waals surface area (Å²) in [4.78, 5) is 4.26. The van der Waals surface area contributed by atoms with E-state index in [0.717, 1.165) is 0 Å². The second-order valence-electron chi connectivity index (χ2n) is 2.70. The van der Waals surface area contributed by atoms with Gasteiger partial charge in [-0.2, -0.15) is 0 Å². The van der Waals surface area contributed by atoms with Gasteiger partial charge in [0, 0.05) is 0 Å². The van der Waals surface area contributed by atoms with Gasteiger partial charge in [0.2, 0.25) is 0 Å². The zero-order chi connectivity index (χ0) is 8.97. The van der Waals surface area contributed by atoms with Crippen molar-refractivity contribution in [3.05, 3.63) is 37.0 Å². The molecule has 64 valence electrons. The Labute approximate surface area is 78.0 Å². The molecule has 1 aliphatic rings. The van der Waals surface area contributed by atoms with E-state index in [2.05, 4.69) is 24.2 Å². The topological polar surface area (TPSA) is 12.4 Å². The van der Waals surface area contributed by atoms with Crippen LogP contribution >= 0.6 is 11.8 Å². The molecule has 0 bridgehead atoms. The van der Waals surface area contributed by atoms with Gasteiger partial charge in [-0.05, 0) is 6.92 Å². The van der Waals surface area contributed by atoms with E-state index >= 15 is 0 Å². The van der Waals surface area contributed by atoms with Gasteiger partial charge in [-0.3, -0.25) is 4.99 Å². The Morgan fingerprint density at radius 3 is 2.92 bits per heavy atom. The first kappa shape index (κ1) is 9.33. The van der Waals surface area contributed by atoms with Crippen molar-refractivity contribution < 1.29 is 0 Å². The highest BCUT2D eigenvalue weighted by atomic mass is 32.2. The summed E-state index contributed by atoms with van der Waals surface area (Å²) < 4.78 is 0. The predicted molar refractivity (Wildman–Crippen MR) is 57.8 cm³/mol. The maximum absolute atomic E-state index is 4.26. The summed E-state index contributed by atoms with van der Waals surface area (Å²) in [5.74, 6) is 0. The molecule has 0 fully saturated rings. The molecule has 0 saturated carbocycles. The van der Waals surface area contributed by atoms with Gasteiger partial charge in [-0.1, -0.05) is 30.4 Å². The molecule has 0 radical (unpaired) electrons. The number of hydrogen-bond acceptors (Lipinski definition) is 2. The van der Waals surface area contributed by atoms with Gasteiger partial charge in [0.05, 0.1) is 16.8 Å². The molecule has 0 aromatic rings. The molecule has 0 aromatic carbocycles. The Bertz CT molecular complexity index is 240. The Morgan fingerprint density at radius 2 is 2.33 bits per heavy atom. The van der Waals surface area contributed by atoms with Crippen molar-refractivity contribution in [2.75, 3.05) is 0 Å². The standard InChI is InChI=1S/C10H13NS/c1-4-8(3)6-10-9(5-2)11-7-12-10/h4-7,9-10H,1-2H2,3H3/b8-6-. The lowest BCUT2D eigenvalue weighted by Gasteiger charge is -2.08. The molecular formula is C10H13NS. The zero-order valence-corrected chi connectivity index (χ0v) is 8.05. The summed E-state index contributed by atoms with van der Waals surface area (Å²) in [6.07, 6.45) is 5.92. The first-order valence-electron chi connectivity index (χ1n) is 3.88. The Hall–Kier alpha value is -0.760.